The summed E-state index contributed by atoms with van der Waals surface area (Å²) in [6, 6.07) is 8.37. The number of alkyl halides is 3. The Morgan fingerprint density at radius 1 is 1.00 bits per heavy atom. The van der Waals surface area contributed by atoms with Gasteiger partial charge in [-0.15, -0.1) is 0 Å². The second-order valence-electron chi connectivity index (χ2n) is 6.52. The van der Waals surface area contributed by atoms with E-state index < -0.39 is 17.9 Å². The number of hydrogen-bond donors (Lipinski definition) is 1. The van der Waals surface area contributed by atoms with Crippen LogP contribution < -0.4 is 5.43 Å². The highest BCUT2D eigenvalue weighted by Crippen LogP contribution is 2.38. The maximum absolute atomic E-state index is 13.3. The smallest absolute Gasteiger partial charge is 0.354 e. The van der Waals surface area contributed by atoms with Crippen LogP contribution in [0.5, 0.6) is 0 Å². The molecule has 0 aliphatic heterocycles. The number of benzene rings is 2. The lowest BCUT2D eigenvalue weighted by molar-refractivity contribution is -0.146. The maximum Gasteiger partial charge on any atom is 0.395 e. The fourth-order valence-electron chi connectivity index (χ4n) is 3.14. The number of aromatic amines is 1. The van der Waals surface area contributed by atoms with Gasteiger partial charge in [-0.25, -0.2) is 4.39 Å². The minimum atomic E-state index is -4.32. The second kappa shape index (κ2) is 6.27. The van der Waals surface area contributed by atoms with Gasteiger partial charge in [0.2, 0.25) is 0 Å². The number of aromatic nitrogens is 1. The summed E-state index contributed by atoms with van der Waals surface area (Å²) in [5.74, 6) is -2.08. The third-order valence-corrected chi connectivity index (χ3v) is 4.65. The lowest BCUT2D eigenvalue weighted by Gasteiger charge is -2.20. The number of pyridine rings is 1. The van der Waals surface area contributed by atoms with Crippen molar-refractivity contribution in [3.05, 3.63) is 69.1 Å². The first-order valence-electron chi connectivity index (χ1n) is 8.08. The molecule has 26 heavy (non-hydrogen) atoms. The van der Waals surface area contributed by atoms with Crippen LogP contribution in [0.15, 0.2) is 41.2 Å². The summed E-state index contributed by atoms with van der Waals surface area (Å²) in [6.07, 6.45) is -4.32. The number of aryl methyl sites for hydroxylation is 2. The molecule has 0 amide bonds. The molecule has 0 spiro atoms. The Morgan fingerprint density at radius 3 is 2.35 bits per heavy atom. The molecule has 0 unspecified atom stereocenters. The van der Waals surface area contributed by atoms with Crippen molar-refractivity contribution in [2.75, 3.05) is 0 Å². The molecule has 2 aromatic carbocycles. The summed E-state index contributed by atoms with van der Waals surface area (Å²) in [4.78, 5) is 15.4. The fourth-order valence-corrected chi connectivity index (χ4v) is 3.14. The normalized spacial score (nSPS) is 13.2. The average Bonchev–Trinajstić information content (AvgIpc) is 2.55. The van der Waals surface area contributed by atoms with Gasteiger partial charge in [-0.05, 0) is 61.7 Å². The Hall–Kier alpha value is -2.63. The maximum atomic E-state index is 13.3. The molecule has 0 bridgehead atoms. The van der Waals surface area contributed by atoms with Gasteiger partial charge in [0, 0.05) is 28.2 Å². The first-order chi connectivity index (χ1) is 12.1. The van der Waals surface area contributed by atoms with Crippen molar-refractivity contribution in [2.24, 2.45) is 0 Å². The number of fused-ring (bicyclic) bond motifs is 1. The van der Waals surface area contributed by atoms with Gasteiger partial charge in [0.15, 0.2) is 5.43 Å². The molecular weight excluding hydrogens is 346 g/mol. The molecule has 136 valence electrons. The summed E-state index contributed by atoms with van der Waals surface area (Å²) in [5, 5.41) is 0.227. The van der Waals surface area contributed by atoms with Crippen LogP contribution in [0.4, 0.5) is 17.6 Å². The van der Waals surface area contributed by atoms with Crippen LogP contribution in [0.25, 0.3) is 22.2 Å². The largest absolute Gasteiger partial charge is 0.395 e. The number of H-pyrrole nitrogens is 1. The topological polar surface area (TPSA) is 32.9 Å². The molecule has 3 rings (SSSR count). The van der Waals surface area contributed by atoms with Crippen LogP contribution in [0.3, 0.4) is 0 Å². The Bertz CT molecular complexity index is 1050. The van der Waals surface area contributed by atoms with Gasteiger partial charge in [0.1, 0.15) is 5.82 Å². The predicted octanol–water partition coefficient (Wildman–Crippen LogP) is 5.62. The first-order valence-corrected chi connectivity index (χ1v) is 8.08. The summed E-state index contributed by atoms with van der Waals surface area (Å²) in [6.45, 7) is 4.46. The van der Waals surface area contributed by atoms with Gasteiger partial charge in [0.05, 0.1) is 5.92 Å². The van der Waals surface area contributed by atoms with E-state index in [0.29, 0.717) is 27.9 Å². The lowest BCUT2D eigenvalue weighted by Crippen LogP contribution is -2.19. The molecule has 0 aliphatic carbocycles. The van der Waals surface area contributed by atoms with Gasteiger partial charge >= 0.3 is 6.18 Å². The number of rotatable bonds is 2. The third kappa shape index (κ3) is 3.23. The standard InChI is InChI=1S/C20H17F4NO/c1-10-7-15(11(2)6-14(10)12(3)20(22,23)24)18-9-19(26)16-8-13(21)4-5-17(16)25-18/h4-9,12H,1-3H3,(H,25,26)/t12-/m0/s1. The van der Waals surface area contributed by atoms with Crippen LogP contribution in [-0.2, 0) is 0 Å². The highest BCUT2D eigenvalue weighted by atomic mass is 19.4. The van der Waals surface area contributed by atoms with Gasteiger partial charge in [-0.2, -0.15) is 13.2 Å². The zero-order valence-corrected chi connectivity index (χ0v) is 14.5. The monoisotopic (exact) mass is 363 g/mol. The highest BCUT2D eigenvalue weighted by Gasteiger charge is 2.37. The average molecular weight is 363 g/mol. The number of halogens is 4. The summed E-state index contributed by atoms with van der Waals surface area (Å²) >= 11 is 0. The van der Waals surface area contributed by atoms with Gasteiger partial charge in [0.25, 0.3) is 0 Å². The van der Waals surface area contributed by atoms with Crippen molar-refractivity contribution in [3.8, 4) is 11.3 Å². The van der Waals surface area contributed by atoms with Crippen molar-refractivity contribution in [1.82, 2.24) is 4.98 Å². The van der Waals surface area contributed by atoms with Crippen molar-refractivity contribution in [1.29, 1.82) is 0 Å². The summed E-state index contributed by atoms with van der Waals surface area (Å²) in [7, 11) is 0. The third-order valence-electron chi connectivity index (χ3n) is 4.65. The van der Waals surface area contributed by atoms with Crippen molar-refractivity contribution in [3.63, 3.8) is 0 Å². The van der Waals surface area contributed by atoms with Crippen molar-refractivity contribution in [2.45, 2.75) is 32.9 Å². The minimum absolute atomic E-state index is 0.212. The Labute approximate surface area is 147 Å². The molecular formula is C20H17F4NO. The molecule has 0 aliphatic rings. The number of hydrogen-bond acceptors (Lipinski definition) is 1. The molecule has 0 radical (unpaired) electrons. The highest BCUT2D eigenvalue weighted by molar-refractivity contribution is 5.82. The molecule has 1 aromatic heterocycles. The molecule has 0 saturated heterocycles. The van der Waals surface area contributed by atoms with Gasteiger partial charge in [-0.3, -0.25) is 4.79 Å². The van der Waals surface area contributed by atoms with E-state index in [1.165, 1.54) is 24.3 Å². The van der Waals surface area contributed by atoms with E-state index in [9.17, 15) is 22.4 Å². The molecule has 3 aromatic rings. The molecule has 6 heteroatoms. The van der Waals surface area contributed by atoms with E-state index in [0.717, 1.165) is 13.0 Å². The minimum Gasteiger partial charge on any atom is -0.354 e. The van der Waals surface area contributed by atoms with E-state index in [1.807, 2.05) is 0 Å². The number of nitrogens with one attached hydrogen (secondary N) is 1. The summed E-state index contributed by atoms with van der Waals surface area (Å²) < 4.78 is 52.5. The molecule has 1 N–H and O–H groups in total. The van der Waals surface area contributed by atoms with Gasteiger partial charge in [-0.1, -0.05) is 6.07 Å². The van der Waals surface area contributed by atoms with Crippen LogP contribution in [0.1, 0.15) is 29.5 Å². The second-order valence-corrected chi connectivity index (χ2v) is 6.52. The van der Waals surface area contributed by atoms with Crippen LogP contribution in [-0.4, -0.2) is 11.2 Å². The predicted molar refractivity (Wildman–Crippen MR) is 93.9 cm³/mol. The zero-order chi connectivity index (χ0) is 19.2. The lowest BCUT2D eigenvalue weighted by atomic mass is 9.90. The molecule has 0 fully saturated rings. The van der Waals surface area contributed by atoms with E-state index in [-0.39, 0.29) is 16.4 Å². The Balaban J connectivity index is 2.16. The molecule has 0 saturated carbocycles. The SMILES string of the molecule is Cc1cc([C@H](C)C(F)(F)F)c(C)cc1-c1cc(=O)c2cc(F)ccc2[nH]1. The summed E-state index contributed by atoms with van der Waals surface area (Å²) in [5.41, 5.74) is 2.58. The van der Waals surface area contributed by atoms with Crippen LogP contribution in [0, 0.1) is 19.7 Å². The van der Waals surface area contributed by atoms with E-state index >= 15 is 0 Å². The van der Waals surface area contributed by atoms with E-state index in [2.05, 4.69) is 4.98 Å². The fraction of sp³-hybridized carbons (Fsp3) is 0.250. The quantitative estimate of drug-likeness (QED) is 0.589. The first kappa shape index (κ1) is 18.2. The van der Waals surface area contributed by atoms with Gasteiger partial charge < -0.3 is 4.98 Å². The van der Waals surface area contributed by atoms with Crippen molar-refractivity contribution >= 4 is 10.9 Å². The van der Waals surface area contributed by atoms with Crippen LogP contribution in [0.2, 0.25) is 0 Å². The molecule has 1 heterocycles. The van der Waals surface area contributed by atoms with Crippen molar-refractivity contribution < 1.29 is 17.6 Å². The van der Waals surface area contributed by atoms with E-state index in [1.54, 1.807) is 19.9 Å². The Kier molecular flexibility index (Phi) is 4.38. The Morgan fingerprint density at radius 2 is 1.69 bits per heavy atom. The van der Waals surface area contributed by atoms with Crippen LogP contribution >= 0.6 is 0 Å². The van der Waals surface area contributed by atoms with E-state index in [4.69, 9.17) is 0 Å². The molecule has 2 nitrogen and oxygen atoms in total. The molecule has 1 atom stereocenters. The zero-order valence-electron chi connectivity index (χ0n) is 14.5.